The number of rotatable bonds is 3. The van der Waals surface area contributed by atoms with E-state index in [0.717, 1.165) is 18.4 Å². The lowest BCUT2D eigenvalue weighted by Gasteiger charge is -2.28. The second-order valence-corrected chi connectivity index (χ2v) is 5.81. The van der Waals surface area contributed by atoms with Gasteiger partial charge in [-0.3, -0.25) is 4.79 Å². The first kappa shape index (κ1) is 13.9. The van der Waals surface area contributed by atoms with Crippen LogP contribution in [0.5, 0.6) is 0 Å². The van der Waals surface area contributed by atoms with Crippen molar-refractivity contribution >= 4 is 23.5 Å². The fraction of sp³-hybridized carbons (Fsp3) is 0.333. The quantitative estimate of drug-likeness (QED) is 0.801. The van der Waals surface area contributed by atoms with Crippen LogP contribution in [0.2, 0.25) is 5.02 Å². The molecule has 110 valence electrons. The Labute approximate surface area is 127 Å². The van der Waals surface area contributed by atoms with E-state index in [2.05, 4.69) is 16.0 Å². The summed E-state index contributed by atoms with van der Waals surface area (Å²) >= 11 is 5.89. The maximum Gasteiger partial charge on any atom is 0.319 e. The average Bonchev–Trinajstić information content (AvgIpc) is 3.22. The van der Waals surface area contributed by atoms with E-state index in [1.165, 1.54) is 0 Å². The summed E-state index contributed by atoms with van der Waals surface area (Å²) in [7, 11) is 0. The van der Waals surface area contributed by atoms with Gasteiger partial charge >= 0.3 is 6.03 Å². The lowest BCUT2D eigenvalue weighted by molar-refractivity contribution is -0.118. The van der Waals surface area contributed by atoms with Gasteiger partial charge in [-0.2, -0.15) is 0 Å². The smallest absolute Gasteiger partial charge is 0.319 e. The predicted molar refractivity (Wildman–Crippen MR) is 79.7 cm³/mol. The summed E-state index contributed by atoms with van der Waals surface area (Å²) in [6.07, 6.45) is 2.03. The molecule has 0 radical (unpaired) electrons. The van der Waals surface area contributed by atoms with Gasteiger partial charge in [0.25, 0.3) is 5.91 Å². The summed E-state index contributed by atoms with van der Waals surface area (Å²) in [5.74, 6) is -0.137. The fourth-order valence-corrected chi connectivity index (χ4v) is 2.52. The van der Waals surface area contributed by atoms with Gasteiger partial charge in [-0.15, -0.1) is 0 Å². The van der Waals surface area contributed by atoms with Crippen molar-refractivity contribution in [1.82, 2.24) is 16.0 Å². The number of hydrogen-bond donors (Lipinski definition) is 3. The maximum atomic E-state index is 12.4. The van der Waals surface area contributed by atoms with Gasteiger partial charge in [-0.25, -0.2) is 4.79 Å². The van der Waals surface area contributed by atoms with Crippen LogP contribution < -0.4 is 16.0 Å². The van der Waals surface area contributed by atoms with E-state index >= 15 is 0 Å². The molecule has 5 nitrogen and oxygen atoms in total. The third-order valence-electron chi connectivity index (χ3n) is 3.63. The number of nitrogens with one attached hydrogen (secondary N) is 3. The van der Waals surface area contributed by atoms with Crippen LogP contribution in [0.3, 0.4) is 0 Å². The average molecular weight is 306 g/mol. The minimum Gasteiger partial charge on any atom is -0.349 e. The first-order valence-corrected chi connectivity index (χ1v) is 7.27. The van der Waals surface area contributed by atoms with E-state index in [1.54, 1.807) is 19.1 Å². The second kappa shape index (κ2) is 5.41. The van der Waals surface area contributed by atoms with Crippen LogP contribution in [0.25, 0.3) is 0 Å². The Morgan fingerprint density at radius 3 is 2.57 bits per heavy atom. The molecule has 1 unspecified atom stereocenters. The molecular weight excluding hydrogens is 290 g/mol. The molecule has 1 aromatic rings. The van der Waals surface area contributed by atoms with E-state index in [9.17, 15) is 9.59 Å². The van der Waals surface area contributed by atoms with Gasteiger partial charge < -0.3 is 16.0 Å². The second-order valence-electron chi connectivity index (χ2n) is 5.37. The van der Waals surface area contributed by atoms with Crippen molar-refractivity contribution in [3.05, 3.63) is 46.1 Å². The van der Waals surface area contributed by atoms with E-state index in [1.807, 2.05) is 12.1 Å². The highest BCUT2D eigenvalue weighted by atomic mass is 35.5. The van der Waals surface area contributed by atoms with Crippen molar-refractivity contribution in [2.45, 2.75) is 31.8 Å². The third-order valence-corrected chi connectivity index (χ3v) is 3.88. The summed E-state index contributed by atoms with van der Waals surface area (Å²) in [6.45, 7) is 1.74. The monoisotopic (exact) mass is 305 g/mol. The number of carbonyl (C=O) groups excluding carboxylic acids is 2. The van der Waals surface area contributed by atoms with Crippen LogP contribution in [0.1, 0.15) is 31.4 Å². The molecule has 0 spiro atoms. The Morgan fingerprint density at radius 1 is 1.29 bits per heavy atom. The summed E-state index contributed by atoms with van der Waals surface area (Å²) in [5.41, 5.74) is 1.95. The number of halogens is 1. The lowest BCUT2D eigenvalue weighted by Crippen LogP contribution is -2.47. The standard InChI is InChI=1S/C15H16ClN3O2/c1-8-12(14(20)18-11-6-7-11)13(19-15(21)17-8)9-2-4-10(16)5-3-9/h2-5,11,13H,6-7H2,1H3,(H,18,20)(H2,17,19,21). The van der Waals surface area contributed by atoms with Gasteiger partial charge in [-0.05, 0) is 37.5 Å². The summed E-state index contributed by atoms with van der Waals surface area (Å²) < 4.78 is 0. The highest BCUT2D eigenvalue weighted by Gasteiger charge is 2.33. The van der Waals surface area contributed by atoms with Gasteiger partial charge in [0, 0.05) is 16.8 Å². The molecule has 0 aromatic heterocycles. The van der Waals surface area contributed by atoms with Crippen LogP contribution in [-0.4, -0.2) is 18.0 Å². The molecule has 21 heavy (non-hydrogen) atoms. The molecule has 0 bridgehead atoms. The van der Waals surface area contributed by atoms with Gasteiger partial charge in [0.2, 0.25) is 0 Å². The fourth-order valence-electron chi connectivity index (χ4n) is 2.39. The molecule has 3 N–H and O–H groups in total. The Balaban J connectivity index is 1.94. The molecule has 0 saturated heterocycles. The van der Waals surface area contributed by atoms with Gasteiger partial charge in [0.05, 0.1) is 11.6 Å². The van der Waals surface area contributed by atoms with E-state index in [-0.39, 0.29) is 18.0 Å². The Bertz CT molecular complexity index is 620. The van der Waals surface area contributed by atoms with Crippen molar-refractivity contribution in [2.75, 3.05) is 0 Å². The van der Waals surface area contributed by atoms with Crippen molar-refractivity contribution in [1.29, 1.82) is 0 Å². The zero-order valence-electron chi connectivity index (χ0n) is 11.6. The van der Waals surface area contributed by atoms with Crippen LogP contribution in [-0.2, 0) is 4.79 Å². The first-order valence-electron chi connectivity index (χ1n) is 6.89. The molecule has 1 heterocycles. The molecule has 1 saturated carbocycles. The Kier molecular flexibility index (Phi) is 3.59. The molecule has 1 fully saturated rings. The summed E-state index contributed by atoms with van der Waals surface area (Å²) in [6, 6.07) is 6.62. The molecule has 6 heteroatoms. The first-order chi connectivity index (χ1) is 10.0. The van der Waals surface area contributed by atoms with Crippen LogP contribution in [0.4, 0.5) is 4.79 Å². The van der Waals surface area contributed by atoms with Gasteiger partial charge in [-0.1, -0.05) is 23.7 Å². The Hall–Kier alpha value is -2.01. The highest BCUT2D eigenvalue weighted by Crippen LogP contribution is 2.29. The number of urea groups is 1. The number of amides is 3. The summed E-state index contributed by atoms with van der Waals surface area (Å²) in [4.78, 5) is 24.1. The molecule has 1 aromatic carbocycles. The Morgan fingerprint density at radius 2 is 1.95 bits per heavy atom. The number of benzene rings is 1. The van der Waals surface area contributed by atoms with Gasteiger partial charge in [0.1, 0.15) is 0 Å². The molecule has 1 aliphatic heterocycles. The lowest BCUT2D eigenvalue weighted by atomic mass is 9.95. The number of hydrogen-bond acceptors (Lipinski definition) is 2. The molecular formula is C15H16ClN3O2. The molecule has 3 rings (SSSR count). The van der Waals surface area contributed by atoms with E-state index < -0.39 is 6.04 Å². The topological polar surface area (TPSA) is 70.2 Å². The molecule has 3 amide bonds. The third kappa shape index (κ3) is 3.03. The summed E-state index contributed by atoms with van der Waals surface area (Å²) in [5, 5.41) is 9.03. The van der Waals surface area contributed by atoms with Crippen LogP contribution >= 0.6 is 11.6 Å². The highest BCUT2D eigenvalue weighted by molar-refractivity contribution is 6.30. The number of allylic oxidation sites excluding steroid dienone is 1. The van der Waals surface area contributed by atoms with Crippen molar-refractivity contribution in [3.63, 3.8) is 0 Å². The van der Waals surface area contributed by atoms with Crippen molar-refractivity contribution in [2.24, 2.45) is 0 Å². The molecule has 2 aliphatic rings. The molecule has 1 aliphatic carbocycles. The SMILES string of the molecule is CC1=C(C(=O)NC2CC2)C(c2ccc(Cl)cc2)NC(=O)N1. The number of carbonyl (C=O) groups is 2. The van der Waals surface area contributed by atoms with Crippen molar-refractivity contribution in [3.8, 4) is 0 Å². The van der Waals surface area contributed by atoms with E-state index in [4.69, 9.17) is 11.6 Å². The predicted octanol–water partition coefficient (Wildman–Crippen LogP) is 2.25. The normalized spacial score (nSPS) is 21.6. The zero-order valence-corrected chi connectivity index (χ0v) is 12.3. The van der Waals surface area contributed by atoms with E-state index in [0.29, 0.717) is 16.3 Å². The largest absolute Gasteiger partial charge is 0.349 e. The van der Waals surface area contributed by atoms with Gasteiger partial charge in [0.15, 0.2) is 0 Å². The van der Waals surface area contributed by atoms with Crippen LogP contribution in [0, 0.1) is 0 Å². The maximum absolute atomic E-state index is 12.4. The zero-order chi connectivity index (χ0) is 15.0. The molecule has 1 atom stereocenters. The minimum absolute atomic E-state index is 0.137. The van der Waals surface area contributed by atoms with Crippen molar-refractivity contribution < 1.29 is 9.59 Å². The minimum atomic E-state index is -0.463. The van der Waals surface area contributed by atoms with Crippen LogP contribution in [0.15, 0.2) is 35.5 Å².